The van der Waals surface area contributed by atoms with E-state index in [0.29, 0.717) is 0 Å². The van der Waals surface area contributed by atoms with Gasteiger partial charge in [0.25, 0.3) is 10.0 Å². The maximum Gasteiger partial charge on any atom is 0.332 e. The zero-order valence-electron chi connectivity index (χ0n) is 12.4. The second-order valence-electron chi connectivity index (χ2n) is 5.37. The van der Waals surface area contributed by atoms with Crippen LogP contribution in [0, 0.1) is 6.92 Å². The summed E-state index contributed by atoms with van der Waals surface area (Å²) in [5.74, 6) is 0. The van der Waals surface area contributed by atoms with Crippen LogP contribution in [0.4, 0.5) is 4.79 Å². The first-order valence-corrected chi connectivity index (χ1v) is 9.27. The summed E-state index contributed by atoms with van der Waals surface area (Å²) in [6.45, 7) is 2.13. The Kier molecular flexibility index (Phi) is 4.16. The minimum atomic E-state index is -3.90. The number of rotatable bonds is 3. The van der Waals surface area contributed by atoms with E-state index < -0.39 is 22.1 Å². The first-order valence-electron chi connectivity index (χ1n) is 7.04. The largest absolute Gasteiger partial charge is 0.335 e. The first-order chi connectivity index (χ1) is 10.9. The standard InChI is InChI=1S/C16H15BrN2O3S/c1-11-2-8-14(9-3-11)23(21,22)19-15(10-18-16(19)20)12-4-6-13(17)7-5-12/h2-9,15H,10H2,1H3,(H,18,20). The molecule has 1 saturated heterocycles. The van der Waals surface area contributed by atoms with Gasteiger partial charge in [-0.25, -0.2) is 17.5 Å². The summed E-state index contributed by atoms with van der Waals surface area (Å²) in [7, 11) is -3.90. The topological polar surface area (TPSA) is 66.5 Å². The maximum atomic E-state index is 12.9. The van der Waals surface area contributed by atoms with Gasteiger partial charge in [-0.3, -0.25) is 0 Å². The SMILES string of the molecule is Cc1ccc(S(=O)(=O)N2C(=O)NCC2c2ccc(Br)cc2)cc1. The van der Waals surface area contributed by atoms with Gasteiger partial charge in [0.2, 0.25) is 0 Å². The van der Waals surface area contributed by atoms with Gasteiger partial charge in [-0.2, -0.15) is 0 Å². The molecule has 1 N–H and O–H groups in total. The molecular weight excluding hydrogens is 380 g/mol. The van der Waals surface area contributed by atoms with E-state index in [2.05, 4.69) is 21.2 Å². The van der Waals surface area contributed by atoms with Crippen LogP contribution in [0.15, 0.2) is 57.9 Å². The second kappa shape index (κ2) is 5.98. The summed E-state index contributed by atoms with van der Waals surface area (Å²) in [4.78, 5) is 12.3. The molecule has 0 radical (unpaired) electrons. The average molecular weight is 395 g/mol. The van der Waals surface area contributed by atoms with E-state index in [0.717, 1.165) is 19.9 Å². The Morgan fingerprint density at radius 2 is 1.70 bits per heavy atom. The van der Waals surface area contributed by atoms with Gasteiger partial charge in [0.15, 0.2) is 0 Å². The number of amides is 2. The number of nitrogens with zero attached hydrogens (tertiary/aromatic N) is 1. The maximum absolute atomic E-state index is 12.9. The van der Waals surface area contributed by atoms with Crippen molar-refractivity contribution >= 4 is 32.0 Å². The van der Waals surface area contributed by atoms with Crippen LogP contribution in [0.3, 0.4) is 0 Å². The fraction of sp³-hybridized carbons (Fsp3) is 0.188. The third-order valence-electron chi connectivity index (χ3n) is 3.76. The Morgan fingerprint density at radius 1 is 1.09 bits per heavy atom. The molecule has 1 aliphatic rings. The first kappa shape index (κ1) is 16.0. The van der Waals surface area contributed by atoms with Crippen LogP contribution >= 0.6 is 15.9 Å². The fourth-order valence-corrected chi connectivity index (χ4v) is 4.31. The Morgan fingerprint density at radius 3 is 2.30 bits per heavy atom. The van der Waals surface area contributed by atoms with E-state index in [9.17, 15) is 13.2 Å². The van der Waals surface area contributed by atoms with Gasteiger partial charge < -0.3 is 5.32 Å². The van der Waals surface area contributed by atoms with E-state index in [1.165, 1.54) is 12.1 Å². The highest BCUT2D eigenvalue weighted by Gasteiger charge is 2.41. The van der Waals surface area contributed by atoms with Crippen LogP contribution < -0.4 is 5.32 Å². The molecular formula is C16H15BrN2O3S. The van der Waals surface area contributed by atoms with Crippen LogP contribution in [0.2, 0.25) is 0 Å². The summed E-state index contributed by atoms with van der Waals surface area (Å²) < 4.78 is 27.6. The number of hydrogen-bond donors (Lipinski definition) is 1. The lowest BCUT2D eigenvalue weighted by atomic mass is 10.1. The molecule has 2 amide bonds. The van der Waals surface area contributed by atoms with Gasteiger partial charge in [0, 0.05) is 11.0 Å². The van der Waals surface area contributed by atoms with Crippen LogP contribution in [0.25, 0.3) is 0 Å². The Hall–Kier alpha value is -1.86. The van der Waals surface area contributed by atoms with Crippen molar-refractivity contribution in [1.29, 1.82) is 0 Å². The Bertz CT molecular complexity index is 833. The molecule has 0 aliphatic carbocycles. The van der Waals surface area contributed by atoms with Crippen LogP contribution in [-0.2, 0) is 10.0 Å². The number of benzene rings is 2. The minimum absolute atomic E-state index is 0.113. The molecule has 0 aromatic heterocycles. The van der Waals surface area contributed by atoms with Crippen molar-refractivity contribution in [3.8, 4) is 0 Å². The van der Waals surface area contributed by atoms with Crippen molar-refractivity contribution in [2.24, 2.45) is 0 Å². The highest BCUT2D eigenvalue weighted by molar-refractivity contribution is 9.10. The number of aryl methyl sites for hydroxylation is 1. The number of carbonyl (C=O) groups excluding carboxylic acids is 1. The Balaban J connectivity index is 2.02. The van der Waals surface area contributed by atoms with Gasteiger partial charge >= 0.3 is 6.03 Å². The van der Waals surface area contributed by atoms with E-state index >= 15 is 0 Å². The molecule has 1 heterocycles. The molecule has 3 rings (SSSR count). The van der Waals surface area contributed by atoms with E-state index in [4.69, 9.17) is 0 Å². The quantitative estimate of drug-likeness (QED) is 0.868. The van der Waals surface area contributed by atoms with Gasteiger partial charge in [0.05, 0.1) is 10.9 Å². The monoisotopic (exact) mass is 394 g/mol. The van der Waals surface area contributed by atoms with Crippen molar-refractivity contribution in [3.05, 3.63) is 64.1 Å². The average Bonchev–Trinajstić information content (AvgIpc) is 2.91. The molecule has 0 bridgehead atoms. The molecule has 2 aromatic carbocycles. The molecule has 1 aliphatic heterocycles. The summed E-state index contributed by atoms with van der Waals surface area (Å²) in [5.41, 5.74) is 1.72. The van der Waals surface area contributed by atoms with Crippen LogP contribution in [0.5, 0.6) is 0 Å². The van der Waals surface area contributed by atoms with E-state index in [1.54, 1.807) is 12.1 Å². The fourth-order valence-electron chi connectivity index (χ4n) is 2.52. The summed E-state index contributed by atoms with van der Waals surface area (Å²) in [5, 5.41) is 2.62. The molecule has 7 heteroatoms. The molecule has 5 nitrogen and oxygen atoms in total. The van der Waals surface area contributed by atoms with Crippen molar-refractivity contribution in [1.82, 2.24) is 9.62 Å². The zero-order valence-corrected chi connectivity index (χ0v) is 14.8. The third kappa shape index (κ3) is 2.98. The highest BCUT2D eigenvalue weighted by atomic mass is 79.9. The number of sulfonamides is 1. The molecule has 1 unspecified atom stereocenters. The number of hydrogen-bond acceptors (Lipinski definition) is 3. The van der Waals surface area contributed by atoms with E-state index in [-0.39, 0.29) is 11.4 Å². The van der Waals surface area contributed by atoms with Gasteiger partial charge in [-0.05, 0) is 36.8 Å². The van der Waals surface area contributed by atoms with Crippen molar-refractivity contribution in [2.45, 2.75) is 17.9 Å². The normalized spacial score (nSPS) is 18.1. The zero-order chi connectivity index (χ0) is 16.6. The second-order valence-corrected chi connectivity index (χ2v) is 8.10. The molecule has 23 heavy (non-hydrogen) atoms. The lowest BCUT2D eigenvalue weighted by Crippen LogP contribution is -2.35. The summed E-state index contributed by atoms with van der Waals surface area (Å²) in [6, 6.07) is 12.6. The predicted molar refractivity (Wildman–Crippen MR) is 90.5 cm³/mol. The molecule has 1 atom stereocenters. The number of halogens is 1. The molecule has 0 spiro atoms. The van der Waals surface area contributed by atoms with Crippen LogP contribution in [0.1, 0.15) is 17.2 Å². The Labute approximate surface area is 143 Å². The molecule has 120 valence electrons. The van der Waals surface area contributed by atoms with E-state index in [1.807, 2.05) is 31.2 Å². The minimum Gasteiger partial charge on any atom is -0.335 e. The smallest absolute Gasteiger partial charge is 0.332 e. The summed E-state index contributed by atoms with van der Waals surface area (Å²) in [6.07, 6.45) is 0. The van der Waals surface area contributed by atoms with Crippen molar-refractivity contribution < 1.29 is 13.2 Å². The highest BCUT2D eigenvalue weighted by Crippen LogP contribution is 2.31. The predicted octanol–water partition coefficient (Wildman–Crippen LogP) is 3.21. The number of carbonyl (C=O) groups is 1. The summed E-state index contributed by atoms with van der Waals surface area (Å²) >= 11 is 3.35. The number of nitrogens with one attached hydrogen (secondary N) is 1. The van der Waals surface area contributed by atoms with Gasteiger partial charge in [0.1, 0.15) is 0 Å². The van der Waals surface area contributed by atoms with Crippen LogP contribution in [-0.4, -0.2) is 25.3 Å². The number of urea groups is 1. The lowest BCUT2D eigenvalue weighted by Gasteiger charge is -2.23. The molecule has 0 saturated carbocycles. The third-order valence-corrected chi connectivity index (χ3v) is 6.10. The molecule has 2 aromatic rings. The van der Waals surface area contributed by atoms with Crippen molar-refractivity contribution in [2.75, 3.05) is 6.54 Å². The lowest BCUT2D eigenvalue weighted by molar-refractivity contribution is 0.231. The van der Waals surface area contributed by atoms with Crippen molar-refractivity contribution in [3.63, 3.8) is 0 Å². The van der Waals surface area contributed by atoms with Gasteiger partial charge in [-0.15, -0.1) is 0 Å². The van der Waals surface area contributed by atoms with Gasteiger partial charge in [-0.1, -0.05) is 45.8 Å². The molecule has 1 fully saturated rings.